The van der Waals surface area contributed by atoms with Crippen LogP contribution in [0.4, 0.5) is 0 Å². The van der Waals surface area contributed by atoms with Crippen LogP contribution in [0, 0.1) is 5.41 Å². The van der Waals surface area contributed by atoms with Gasteiger partial charge in [0.1, 0.15) is 0 Å². The maximum absolute atomic E-state index is 5.77. The summed E-state index contributed by atoms with van der Waals surface area (Å²) in [7, 11) is 0. The second-order valence-corrected chi connectivity index (χ2v) is 6.90. The van der Waals surface area contributed by atoms with Gasteiger partial charge in [0, 0.05) is 18.7 Å². The van der Waals surface area contributed by atoms with Crippen LogP contribution in [0.1, 0.15) is 59.8 Å². The Labute approximate surface area is 100 Å². The van der Waals surface area contributed by atoms with Crippen LogP contribution in [0.25, 0.3) is 0 Å². The first-order valence-corrected chi connectivity index (χ1v) is 6.79. The van der Waals surface area contributed by atoms with Crippen molar-refractivity contribution in [1.29, 1.82) is 0 Å². The largest absolute Gasteiger partial charge is 0.375 e. The smallest absolute Gasteiger partial charge is 0.0641 e. The maximum atomic E-state index is 5.77. The highest BCUT2D eigenvalue weighted by molar-refractivity contribution is 4.94. The fourth-order valence-corrected chi connectivity index (χ4v) is 3.29. The summed E-state index contributed by atoms with van der Waals surface area (Å²) in [4.78, 5) is 0. The topological polar surface area (TPSA) is 21.3 Å². The summed E-state index contributed by atoms with van der Waals surface area (Å²) >= 11 is 0. The first-order valence-electron chi connectivity index (χ1n) is 6.79. The summed E-state index contributed by atoms with van der Waals surface area (Å²) in [5.41, 5.74) is 0.557. The average Bonchev–Trinajstić information content (AvgIpc) is 2.44. The van der Waals surface area contributed by atoms with Gasteiger partial charge in [-0.05, 0) is 44.9 Å². The molecule has 1 saturated heterocycles. The molecule has 2 atom stereocenters. The molecule has 16 heavy (non-hydrogen) atoms. The third kappa shape index (κ3) is 2.78. The molecule has 0 aromatic heterocycles. The molecule has 0 aromatic rings. The van der Waals surface area contributed by atoms with E-state index in [4.69, 9.17) is 4.74 Å². The van der Waals surface area contributed by atoms with Gasteiger partial charge in [-0.25, -0.2) is 0 Å². The van der Waals surface area contributed by atoms with E-state index >= 15 is 0 Å². The monoisotopic (exact) mass is 225 g/mol. The molecule has 1 N–H and O–H groups in total. The zero-order valence-corrected chi connectivity index (χ0v) is 11.3. The Bertz CT molecular complexity index is 247. The fraction of sp³-hybridized carbons (Fsp3) is 1.00. The highest BCUT2D eigenvalue weighted by Crippen LogP contribution is 2.38. The summed E-state index contributed by atoms with van der Waals surface area (Å²) in [5.74, 6) is 0. The quantitative estimate of drug-likeness (QED) is 0.779. The van der Waals surface area contributed by atoms with Crippen molar-refractivity contribution < 1.29 is 4.74 Å². The lowest BCUT2D eigenvalue weighted by Gasteiger charge is -2.39. The predicted octanol–water partition coefficient (Wildman–Crippen LogP) is 3.11. The molecule has 0 amide bonds. The van der Waals surface area contributed by atoms with Gasteiger partial charge in [-0.15, -0.1) is 0 Å². The van der Waals surface area contributed by atoms with Gasteiger partial charge in [0.2, 0.25) is 0 Å². The van der Waals surface area contributed by atoms with E-state index in [0.717, 1.165) is 13.0 Å². The summed E-state index contributed by atoms with van der Waals surface area (Å²) in [6.45, 7) is 10.1. The lowest BCUT2D eigenvalue weighted by atomic mass is 9.85. The normalized spacial score (nSPS) is 37.5. The summed E-state index contributed by atoms with van der Waals surface area (Å²) in [6, 6.07) is 1.37. The van der Waals surface area contributed by atoms with Gasteiger partial charge in [-0.3, -0.25) is 0 Å². The second-order valence-electron chi connectivity index (χ2n) is 6.90. The Hall–Kier alpha value is -0.0800. The second kappa shape index (κ2) is 4.30. The molecule has 94 valence electrons. The van der Waals surface area contributed by atoms with Crippen molar-refractivity contribution in [3.8, 4) is 0 Å². The highest BCUT2D eigenvalue weighted by Gasteiger charge is 2.37. The maximum Gasteiger partial charge on any atom is 0.0641 e. The molecule has 1 heterocycles. The van der Waals surface area contributed by atoms with E-state index < -0.39 is 0 Å². The van der Waals surface area contributed by atoms with Crippen molar-refractivity contribution in [3.63, 3.8) is 0 Å². The van der Waals surface area contributed by atoms with Crippen LogP contribution in [0.5, 0.6) is 0 Å². The van der Waals surface area contributed by atoms with E-state index in [2.05, 4.69) is 33.0 Å². The van der Waals surface area contributed by atoms with Gasteiger partial charge >= 0.3 is 0 Å². The van der Waals surface area contributed by atoms with Crippen molar-refractivity contribution in [2.45, 2.75) is 77.5 Å². The molecule has 0 spiro atoms. The summed E-state index contributed by atoms with van der Waals surface area (Å²) < 4.78 is 5.77. The van der Waals surface area contributed by atoms with Gasteiger partial charge < -0.3 is 10.1 Å². The molecule has 0 radical (unpaired) electrons. The number of rotatable bonds is 2. The van der Waals surface area contributed by atoms with E-state index in [1.54, 1.807) is 0 Å². The van der Waals surface area contributed by atoms with Crippen molar-refractivity contribution in [2.75, 3.05) is 6.61 Å². The molecule has 2 heteroatoms. The Morgan fingerprint density at radius 2 is 1.88 bits per heavy atom. The third-order valence-electron chi connectivity index (χ3n) is 4.39. The zero-order chi connectivity index (χ0) is 11.8. The Kier molecular flexibility index (Phi) is 3.33. The van der Waals surface area contributed by atoms with E-state index in [1.807, 2.05) is 0 Å². The van der Waals surface area contributed by atoms with Crippen LogP contribution in [0.3, 0.4) is 0 Å². The van der Waals surface area contributed by atoms with Gasteiger partial charge in [-0.1, -0.05) is 20.3 Å². The van der Waals surface area contributed by atoms with Crippen LogP contribution < -0.4 is 5.32 Å². The predicted molar refractivity (Wildman–Crippen MR) is 67.6 cm³/mol. The molecule has 1 saturated carbocycles. The SMILES string of the molecule is CC1(C)CC(NC2CCCC2(C)C)CCO1. The molecule has 2 rings (SSSR count). The van der Waals surface area contributed by atoms with E-state index in [1.165, 1.54) is 25.7 Å². The number of nitrogens with one attached hydrogen (secondary N) is 1. The Balaban J connectivity index is 1.90. The van der Waals surface area contributed by atoms with Crippen molar-refractivity contribution >= 4 is 0 Å². The molecule has 2 fully saturated rings. The van der Waals surface area contributed by atoms with Crippen LogP contribution in [0.2, 0.25) is 0 Å². The van der Waals surface area contributed by atoms with Crippen molar-refractivity contribution in [3.05, 3.63) is 0 Å². The Morgan fingerprint density at radius 1 is 1.12 bits per heavy atom. The number of ether oxygens (including phenoxy) is 1. The van der Waals surface area contributed by atoms with Crippen LogP contribution >= 0.6 is 0 Å². The molecular weight excluding hydrogens is 198 g/mol. The van der Waals surface area contributed by atoms with Gasteiger partial charge in [-0.2, -0.15) is 0 Å². The van der Waals surface area contributed by atoms with Crippen LogP contribution in [-0.4, -0.2) is 24.3 Å². The molecule has 2 unspecified atom stereocenters. The zero-order valence-electron chi connectivity index (χ0n) is 11.3. The molecule has 0 aromatic carbocycles. The molecule has 2 nitrogen and oxygen atoms in total. The first kappa shape index (κ1) is 12.4. The third-order valence-corrected chi connectivity index (χ3v) is 4.39. The molecule has 2 aliphatic rings. The standard InChI is InChI=1S/C14H27NO/c1-13(2)8-5-6-12(13)15-11-7-9-16-14(3,4)10-11/h11-12,15H,5-10H2,1-4H3. The lowest BCUT2D eigenvalue weighted by molar-refractivity contribution is -0.0654. The van der Waals surface area contributed by atoms with Crippen LogP contribution in [0.15, 0.2) is 0 Å². The minimum atomic E-state index is 0.0681. The van der Waals surface area contributed by atoms with Crippen LogP contribution in [-0.2, 0) is 4.74 Å². The minimum absolute atomic E-state index is 0.0681. The Morgan fingerprint density at radius 3 is 2.44 bits per heavy atom. The summed E-state index contributed by atoms with van der Waals surface area (Å²) in [6.07, 6.45) is 6.44. The minimum Gasteiger partial charge on any atom is -0.375 e. The van der Waals surface area contributed by atoms with Crippen molar-refractivity contribution in [1.82, 2.24) is 5.32 Å². The molecule has 1 aliphatic heterocycles. The number of hydrogen-bond donors (Lipinski definition) is 1. The molecule has 0 bridgehead atoms. The molecular formula is C14H27NO. The summed E-state index contributed by atoms with van der Waals surface area (Å²) in [5, 5.41) is 3.88. The van der Waals surface area contributed by atoms with E-state index in [9.17, 15) is 0 Å². The molecule has 1 aliphatic carbocycles. The highest BCUT2D eigenvalue weighted by atomic mass is 16.5. The fourth-order valence-electron chi connectivity index (χ4n) is 3.29. The van der Waals surface area contributed by atoms with E-state index in [-0.39, 0.29) is 5.60 Å². The van der Waals surface area contributed by atoms with Gasteiger partial charge in [0.05, 0.1) is 5.60 Å². The van der Waals surface area contributed by atoms with Gasteiger partial charge in [0.25, 0.3) is 0 Å². The first-order chi connectivity index (χ1) is 7.39. The van der Waals surface area contributed by atoms with Crippen molar-refractivity contribution in [2.24, 2.45) is 5.41 Å². The van der Waals surface area contributed by atoms with E-state index in [0.29, 0.717) is 17.5 Å². The average molecular weight is 225 g/mol. The lowest BCUT2D eigenvalue weighted by Crippen LogP contribution is -2.50. The number of hydrogen-bond acceptors (Lipinski definition) is 2. The van der Waals surface area contributed by atoms with Gasteiger partial charge in [0.15, 0.2) is 0 Å².